The summed E-state index contributed by atoms with van der Waals surface area (Å²) in [6.45, 7) is 8.56. The predicted octanol–water partition coefficient (Wildman–Crippen LogP) is 5.12. The Morgan fingerprint density at radius 1 is 1.14 bits per heavy atom. The number of nitrogens with one attached hydrogen (secondary N) is 1. The molecule has 2 atom stereocenters. The number of aliphatic hydroxyl groups is 1. The van der Waals surface area contributed by atoms with Crippen LogP contribution >= 0.6 is 0 Å². The second kappa shape index (κ2) is 10.0. The van der Waals surface area contributed by atoms with Gasteiger partial charge in [0.1, 0.15) is 29.1 Å². The van der Waals surface area contributed by atoms with Gasteiger partial charge in [-0.05, 0) is 43.7 Å². The van der Waals surface area contributed by atoms with Crippen LogP contribution in [0.3, 0.4) is 0 Å². The third-order valence-corrected chi connectivity index (χ3v) is 6.51. The molecule has 1 saturated heterocycles. The average Bonchev–Trinajstić information content (AvgIpc) is 3.32. The first-order chi connectivity index (χ1) is 17.7. The van der Waals surface area contributed by atoms with E-state index in [1.165, 1.54) is 0 Å². The van der Waals surface area contributed by atoms with E-state index in [0.29, 0.717) is 45.5 Å². The zero-order valence-corrected chi connectivity index (χ0v) is 21.9. The summed E-state index contributed by atoms with van der Waals surface area (Å²) in [7, 11) is 1.58. The smallest absolute Gasteiger partial charge is 0.213 e. The van der Waals surface area contributed by atoms with Crippen LogP contribution < -0.4 is 10.1 Å². The molecule has 1 fully saturated rings. The van der Waals surface area contributed by atoms with Gasteiger partial charge in [-0.3, -0.25) is 4.57 Å². The number of hydrogen-bond acceptors (Lipinski definition) is 9. The summed E-state index contributed by atoms with van der Waals surface area (Å²) in [6.07, 6.45) is 7.40. The molecule has 37 heavy (non-hydrogen) atoms. The van der Waals surface area contributed by atoms with E-state index in [-0.39, 0.29) is 11.6 Å². The maximum absolute atomic E-state index is 11.1. The van der Waals surface area contributed by atoms with Crippen molar-refractivity contribution >= 4 is 22.7 Å². The summed E-state index contributed by atoms with van der Waals surface area (Å²) in [5.41, 5.74) is 3.78. The molecular weight excluding hydrogens is 470 g/mol. The number of methoxy groups -OCH3 is 1. The van der Waals surface area contributed by atoms with Crippen molar-refractivity contribution in [2.75, 3.05) is 19.0 Å². The van der Waals surface area contributed by atoms with Crippen LogP contribution in [0.4, 0.5) is 11.5 Å². The first kappa shape index (κ1) is 25.0. The number of nitrogens with zero attached hydrogens (tertiary/aromatic N) is 6. The van der Waals surface area contributed by atoms with E-state index in [2.05, 4.69) is 10.3 Å². The van der Waals surface area contributed by atoms with Gasteiger partial charge < -0.3 is 19.9 Å². The van der Waals surface area contributed by atoms with E-state index in [1.54, 1.807) is 31.9 Å². The van der Waals surface area contributed by atoms with Crippen LogP contribution in [0.2, 0.25) is 0 Å². The van der Waals surface area contributed by atoms with Gasteiger partial charge in [-0.15, -0.1) is 0 Å². The Balaban J connectivity index is 1.65. The molecular formula is C27H33N7O3. The van der Waals surface area contributed by atoms with Crippen molar-refractivity contribution in [2.24, 2.45) is 5.41 Å². The van der Waals surface area contributed by atoms with Crippen LogP contribution in [-0.2, 0) is 4.74 Å². The minimum Gasteiger partial charge on any atom is -0.481 e. The standard InChI is InChI=1S/C27H33N7O3/c1-16-31-22(23-26(32-16)34(15-30-23)21-8-6-7-11-37-21)19-12-17(24(35)27(2,3)4)13-29-25(19)33-18-9-10-20(36-5)28-14-18/h9-10,12-15,21,24,35H,6-8,11H2,1-5H3,(H,29,33)/t21?,24-/m0/s1. The summed E-state index contributed by atoms with van der Waals surface area (Å²) in [5.74, 6) is 1.70. The summed E-state index contributed by atoms with van der Waals surface area (Å²) in [4.78, 5) is 23.2. The van der Waals surface area contributed by atoms with Gasteiger partial charge in [-0.2, -0.15) is 0 Å². The van der Waals surface area contributed by atoms with Crippen molar-refractivity contribution in [1.29, 1.82) is 0 Å². The summed E-state index contributed by atoms with van der Waals surface area (Å²) < 4.78 is 13.2. The second-order valence-corrected chi connectivity index (χ2v) is 10.4. The highest BCUT2D eigenvalue weighted by molar-refractivity contribution is 5.92. The number of rotatable bonds is 6. The quantitative estimate of drug-likeness (QED) is 0.369. The molecule has 5 rings (SSSR count). The Bertz CT molecular complexity index is 1390. The minimum absolute atomic E-state index is 0.101. The highest BCUT2D eigenvalue weighted by Crippen LogP contribution is 2.38. The molecule has 0 saturated carbocycles. The highest BCUT2D eigenvalue weighted by Gasteiger charge is 2.27. The minimum atomic E-state index is -0.720. The monoisotopic (exact) mass is 503 g/mol. The van der Waals surface area contributed by atoms with Crippen molar-refractivity contribution in [3.05, 3.63) is 48.3 Å². The zero-order chi connectivity index (χ0) is 26.2. The molecule has 1 aliphatic rings. The molecule has 10 nitrogen and oxygen atoms in total. The third kappa shape index (κ3) is 5.12. The van der Waals surface area contributed by atoms with Gasteiger partial charge in [-0.25, -0.2) is 24.9 Å². The predicted molar refractivity (Wildman–Crippen MR) is 141 cm³/mol. The van der Waals surface area contributed by atoms with Gasteiger partial charge in [0.05, 0.1) is 31.4 Å². The van der Waals surface area contributed by atoms with Crippen molar-refractivity contribution in [3.8, 4) is 17.1 Å². The number of imidazole rings is 1. The van der Waals surface area contributed by atoms with E-state index in [0.717, 1.165) is 31.6 Å². The third-order valence-electron chi connectivity index (χ3n) is 6.51. The van der Waals surface area contributed by atoms with Crippen molar-refractivity contribution in [1.82, 2.24) is 29.5 Å². The van der Waals surface area contributed by atoms with Crippen LogP contribution in [0.1, 0.15) is 63.8 Å². The molecule has 4 aromatic rings. The number of pyridine rings is 2. The molecule has 1 unspecified atom stereocenters. The number of fused-ring (bicyclic) bond motifs is 1. The van der Waals surface area contributed by atoms with Crippen LogP contribution in [-0.4, -0.2) is 48.3 Å². The molecule has 0 spiro atoms. The molecule has 194 valence electrons. The maximum Gasteiger partial charge on any atom is 0.213 e. The molecule has 0 aromatic carbocycles. The topological polar surface area (TPSA) is 120 Å². The first-order valence-electron chi connectivity index (χ1n) is 12.5. The van der Waals surface area contributed by atoms with Crippen molar-refractivity contribution < 1.29 is 14.6 Å². The Morgan fingerprint density at radius 2 is 1.97 bits per heavy atom. The molecule has 4 aromatic heterocycles. The van der Waals surface area contributed by atoms with E-state index in [4.69, 9.17) is 29.4 Å². The zero-order valence-electron chi connectivity index (χ0n) is 21.9. The van der Waals surface area contributed by atoms with Crippen molar-refractivity contribution in [3.63, 3.8) is 0 Å². The lowest BCUT2D eigenvalue weighted by Gasteiger charge is -2.26. The van der Waals surface area contributed by atoms with E-state index < -0.39 is 6.10 Å². The summed E-state index contributed by atoms with van der Waals surface area (Å²) >= 11 is 0. The molecule has 5 heterocycles. The number of ether oxygens (including phenoxy) is 2. The Morgan fingerprint density at radius 3 is 2.65 bits per heavy atom. The molecule has 2 N–H and O–H groups in total. The first-order valence-corrected chi connectivity index (χ1v) is 12.5. The molecule has 0 radical (unpaired) electrons. The second-order valence-electron chi connectivity index (χ2n) is 10.4. The fourth-order valence-electron chi connectivity index (χ4n) is 4.49. The number of hydrogen-bond donors (Lipinski definition) is 2. The largest absolute Gasteiger partial charge is 0.481 e. The lowest BCUT2D eigenvalue weighted by Crippen LogP contribution is -2.18. The molecule has 0 bridgehead atoms. The van der Waals surface area contributed by atoms with Crippen LogP contribution in [0.15, 0.2) is 36.9 Å². The van der Waals surface area contributed by atoms with E-state index >= 15 is 0 Å². The van der Waals surface area contributed by atoms with Gasteiger partial charge in [0, 0.05) is 30.0 Å². The number of aryl methyl sites for hydroxylation is 1. The molecule has 1 aliphatic heterocycles. The van der Waals surface area contributed by atoms with Gasteiger partial charge in [-0.1, -0.05) is 20.8 Å². The fourth-order valence-corrected chi connectivity index (χ4v) is 4.49. The lowest BCUT2D eigenvalue weighted by atomic mass is 9.85. The highest BCUT2D eigenvalue weighted by atomic mass is 16.5. The number of anilines is 2. The van der Waals surface area contributed by atoms with Gasteiger partial charge in [0.25, 0.3) is 0 Å². The van der Waals surface area contributed by atoms with Crippen LogP contribution in [0.25, 0.3) is 22.4 Å². The molecule has 10 heteroatoms. The fraction of sp³-hybridized carbons (Fsp3) is 0.444. The van der Waals surface area contributed by atoms with Crippen molar-refractivity contribution in [2.45, 2.75) is 59.3 Å². The SMILES string of the molecule is COc1ccc(Nc2ncc([C@H](O)C(C)(C)C)cc2-c2nc(C)nc3c2ncn3C2CCCCO2)cn1. The van der Waals surface area contributed by atoms with Crippen LogP contribution in [0, 0.1) is 12.3 Å². The van der Waals surface area contributed by atoms with Gasteiger partial charge >= 0.3 is 0 Å². The summed E-state index contributed by atoms with van der Waals surface area (Å²) in [5, 5.41) is 14.4. The van der Waals surface area contributed by atoms with Gasteiger partial charge in [0.15, 0.2) is 5.65 Å². The Hall–Kier alpha value is -3.63. The number of aliphatic hydroxyl groups excluding tert-OH is 1. The maximum atomic E-state index is 11.1. The van der Waals surface area contributed by atoms with E-state index in [9.17, 15) is 5.11 Å². The Labute approximate surface area is 216 Å². The lowest BCUT2D eigenvalue weighted by molar-refractivity contribution is -0.0298. The normalized spacial score (nSPS) is 17.1. The van der Waals surface area contributed by atoms with Crippen LogP contribution in [0.5, 0.6) is 5.88 Å². The average molecular weight is 504 g/mol. The molecule has 0 amide bonds. The molecule has 0 aliphatic carbocycles. The van der Waals surface area contributed by atoms with E-state index in [1.807, 2.05) is 44.4 Å². The Kier molecular flexibility index (Phi) is 6.78. The number of aromatic nitrogens is 6. The summed E-state index contributed by atoms with van der Waals surface area (Å²) in [6, 6.07) is 5.57. The van der Waals surface area contributed by atoms with Gasteiger partial charge in [0.2, 0.25) is 5.88 Å².